The van der Waals surface area contributed by atoms with Gasteiger partial charge >= 0.3 is 0 Å². The van der Waals surface area contributed by atoms with E-state index >= 15 is 0 Å². The summed E-state index contributed by atoms with van der Waals surface area (Å²) in [6, 6.07) is 0. The summed E-state index contributed by atoms with van der Waals surface area (Å²) < 4.78 is 5.77. The highest BCUT2D eigenvalue weighted by Crippen LogP contribution is 2.19. The van der Waals surface area contributed by atoms with Gasteiger partial charge in [0.1, 0.15) is 0 Å². The predicted molar refractivity (Wildman–Crippen MR) is 66.0 cm³/mol. The minimum atomic E-state index is -1.23. The second-order valence-corrected chi connectivity index (χ2v) is 17.0. The summed E-state index contributed by atoms with van der Waals surface area (Å²) >= 11 is 0. The zero-order valence-corrected chi connectivity index (χ0v) is 12.8. The molecule has 0 spiro atoms. The van der Waals surface area contributed by atoms with Crippen molar-refractivity contribution < 1.29 is 4.43 Å². The Kier molecular flexibility index (Phi) is 5.64. The molecule has 0 radical (unpaired) electrons. The quantitative estimate of drug-likeness (QED) is 0.646. The van der Waals surface area contributed by atoms with Crippen LogP contribution in [-0.4, -0.2) is 33.0 Å². The molecule has 0 fully saturated rings. The molecule has 0 aliphatic rings. The molecule has 0 atom stereocenters. The van der Waals surface area contributed by atoms with E-state index < -0.39 is 25.9 Å². The SMILES string of the molecule is CO[Si](C)(C[SiH](C)C)C[SiH](C)C. The van der Waals surface area contributed by atoms with Gasteiger partial charge in [0.05, 0.1) is 0 Å². The molecular formula is C8H24OSi3. The molecule has 0 aliphatic carbocycles. The molecule has 0 saturated carbocycles. The largest absolute Gasteiger partial charge is 0.421 e. The molecule has 0 aromatic heterocycles. The first kappa shape index (κ1) is 12.6. The fourth-order valence-corrected chi connectivity index (χ4v) is 19.3. The minimum absolute atomic E-state index is 0.413. The highest BCUT2D eigenvalue weighted by molar-refractivity contribution is 6.91. The standard InChI is InChI=1S/C8H24OSi3/c1-9-12(6,7-10(2)3)8-11(4)5/h10-11H,7-8H2,1-6H3. The predicted octanol–water partition coefficient (Wildman–Crippen LogP) is 2.26. The van der Waals surface area contributed by atoms with E-state index in [0.29, 0.717) is 0 Å². The van der Waals surface area contributed by atoms with Crippen molar-refractivity contribution in [3.63, 3.8) is 0 Å². The molecule has 0 aromatic rings. The van der Waals surface area contributed by atoms with Crippen molar-refractivity contribution >= 4 is 25.9 Å². The van der Waals surface area contributed by atoms with Gasteiger partial charge in [0.2, 0.25) is 0 Å². The van der Waals surface area contributed by atoms with Crippen LogP contribution in [0.2, 0.25) is 44.1 Å². The molecule has 4 heteroatoms. The van der Waals surface area contributed by atoms with Gasteiger partial charge in [-0.15, -0.1) is 0 Å². The van der Waals surface area contributed by atoms with Gasteiger partial charge in [0.25, 0.3) is 0 Å². The van der Waals surface area contributed by atoms with E-state index in [4.69, 9.17) is 4.43 Å². The van der Waals surface area contributed by atoms with Gasteiger partial charge in [0, 0.05) is 24.7 Å². The Balaban J connectivity index is 4.04. The summed E-state index contributed by atoms with van der Waals surface area (Å²) in [5.41, 5.74) is 2.93. The third-order valence-corrected chi connectivity index (χ3v) is 16.6. The molecule has 1 nitrogen and oxygen atoms in total. The van der Waals surface area contributed by atoms with Crippen LogP contribution in [0.3, 0.4) is 0 Å². The molecule has 0 saturated heterocycles. The lowest BCUT2D eigenvalue weighted by Crippen LogP contribution is -2.40. The lowest BCUT2D eigenvalue weighted by Gasteiger charge is -2.28. The Morgan fingerprint density at radius 3 is 1.50 bits per heavy atom. The van der Waals surface area contributed by atoms with Crippen LogP contribution in [0.1, 0.15) is 0 Å². The van der Waals surface area contributed by atoms with Gasteiger partial charge in [-0.05, 0) is 17.9 Å². The van der Waals surface area contributed by atoms with Crippen molar-refractivity contribution in [3.8, 4) is 0 Å². The van der Waals surface area contributed by atoms with E-state index in [1.807, 2.05) is 7.11 Å². The first-order chi connectivity index (χ1) is 5.39. The fourth-order valence-electron chi connectivity index (χ4n) is 1.98. The normalized spacial score (nSPS) is 13.0. The second-order valence-electron chi connectivity index (χ2n) is 4.85. The molecule has 0 unspecified atom stereocenters. The average molecular weight is 221 g/mol. The van der Waals surface area contributed by atoms with Gasteiger partial charge < -0.3 is 4.43 Å². The highest BCUT2D eigenvalue weighted by Gasteiger charge is 2.29. The van der Waals surface area contributed by atoms with Crippen LogP contribution in [0.25, 0.3) is 0 Å². The van der Waals surface area contributed by atoms with Crippen LogP contribution in [0.15, 0.2) is 0 Å². The molecule has 12 heavy (non-hydrogen) atoms. The lowest BCUT2D eigenvalue weighted by molar-refractivity contribution is 0.406. The van der Waals surface area contributed by atoms with E-state index in [1.54, 1.807) is 0 Å². The molecule has 0 N–H and O–H groups in total. The van der Waals surface area contributed by atoms with Crippen molar-refractivity contribution in [2.45, 2.75) is 44.1 Å². The number of rotatable bonds is 5. The first-order valence-corrected chi connectivity index (χ1v) is 14.0. The maximum atomic E-state index is 5.77. The van der Waals surface area contributed by atoms with Gasteiger partial charge in [-0.3, -0.25) is 0 Å². The van der Waals surface area contributed by atoms with E-state index in [0.717, 1.165) is 0 Å². The summed E-state index contributed by atoms with van der Waals surface area (Å²) in [7, 11) is -0.122. The van der Waals surface area contributed by atoms with Crippen molar-refractivity contribution in [2.75, 3.05) is 7.11 Å². The Hall–Kier alpha value is 0.611. The van der Waals surface area contributed by atoms with Crippen LogP contribution in [0.4, 0.5) is 0 Å². The van der Waals surface area contributed by atoms with Crippen molar-refractivity contribution in [1.82, 2.24) is 0 Å². The lowest BCUT2D eigenvalue weighted by atomic mass is 11.7. The van der Waals surface area contributed by atoms with Crippen LogP contribution in [0, 0.1) is 0 Å². The molecule has 0 amide bonds. The van der Waals surface area contributed by atoms with E-state index in [-0.39, 0.29) is 0 Å². The smallest absolute Gasteiger partial charge is 0.183 e. The van der Waals surface area contributed by atoms with Crippen LogP contribution < -0.4 is 0 Å². The maximum absolute atomic E-state index is 5.77. The zero-order chi connectivity index (χ0) is 9.78. The summed E-state index contributed by atoms with van der Waals surface area (Å²) in [4.78, 5) is 0. The highest BCUT2D eigenvalue weighted by atomic mass is 28.4. The summed E-state index contributed by atoms with van der Waals surface area (Å²) in [5.74, 6) is 0. The van der Waals surface area contributed by atoms with Crippen molar-refractivity contribution in [1.29, 1.82) is 0 Å². The number of hydrogen-bond acceptors (Lipinski definition) is 1. The van der Waals surface area contributed by atoms with E-state index in [2.05, 4.69) is 32.7 Å². The zero-order valence-electron chi connectivity index (χ0n) is 9.48. The fraction of sp³-hybridized carbons (Fsp3) is 1.00. The summed E-state index contributed by atoms with van der Waals surface area (Å²) in [6.45, 7) is 12.2. The monoisotopic (exact) mass is 220 g/mol. The molecule has 0 aliphatic heterocycles. The maximum Gasteiger partial charge on any atom is 0.183 e. The van der Waals surface area contributed by atoms with Crippen LogP contribution >= 0.6 is 0 Å². The number of hydrogen-bond donors (Lipinski definition) is 0. The summed E-state index contributed by atoms with van der Waals surface area (Å²) in [6.07, 6.45) is 0. The third-order valence-electron chi connectivity index (χ3n) is 2.17. The van der Waals surface area contributed by atoms with Crippen molar-refractivity contribution in [3.05, 3.63) is 0 Å². The van der Waals surface area contributed by atoms with Gasteiger partial charge in [-0.1, -0.05) is 26.2 Å². The Labute approximate surface area is 81.9 Å². The summed E-state index contributed by atoms with van der Waals surface area (Å²) in [5, 5.41) is 0. The van der Waals surface area contributed by atoms with Crippen LogP contribution in [-0.2, 0) is 4.43 Å². The molecule has 74 valence electrons. The molecule has 0 rings (SSSR count). The molecule has 0 aromatic carbocycles. The Morgan fingerprint density at radius 2 is 1.33 bits per heavy atom. The average Bonchev–Trinajstić information content (AvgIpc) is 1.83. The van der Waals surface area contributed by atoms with E-state index in [1.165, 1.54) is 11.3 Å². The minimum Gasteiger partial charge on any atom is -0.421 e. The Morgan fingerprint density at radius 1 is 1.00 bits per heavy atom. The topological polar surface area (TPSA) is 9.23 Å². The third kappa shape index (κ3) is 5.29. The second kappa shape index (κ2) is 5.36. The van der Waals surface area contributed by atoms with Crippen LogP contribution in [0.5, 0.6) is 0 Å². The van der Waals surface area contributed by atoms with E-state index in [9.17, 15) is 0 Å². The molecule has 0 heterocycles. The van der Waals surface area contributed by atoms with Gasteiger partial charge in [-0.2, -0.15) is 0 Å². The van der Waals surface area contributed by atoms with Gasteiger partial charge in [-0.25, -0.2) is 0 Å². The molecular weight excluding hydrogens is 196 g/mol. The van der Waals surface area contributed by atoms with Gasteiger partial charge in [0.15, 0.2) is 8.32 Å². The first-order valence-electron chi connectivity index (χ1n) is 4.95. The molecule has 0 bridgehead atoms. The Bertz CT molecular complexity index is 115. The van der Waals surface area contributed by atoms with Crippen molar-refractivity contribution in [2.24, 2.45) is 0 Å².